The van der Waals surface area contributed by atoms with Gasteiger partial charge < -0.3 is 15.5 Å². The lowest BCUT2D eigenvalue weighted by Crippen LogP contribution is -2.40. The van der Waals surface area contributed by atoms with Crippen molar-refractivity contribution in [2.24, 2.45) is 0 Å². The summed E-state index contributed by atoms with van der Waals surface area (Å²) in [6.45, 7) is 5.45. The van der Waals surface area contributed by atoms with Crippen LogP contribution in [0.3, 0.4) is 0 Å². The molecule has 4 rings (SSSR count). The Balaban J connectivity index is 1.62. The molecule has 0 radical (unpaired) electrons. The Hall–Kier alpha value is -4.31. The predicted molar refractivity (Wildman–Crippen MR) is 153 cm³/mol. The van der Waals surface area contributed by atoms with Gasteiger partial charge in [0.25, 0.3) is 0 Å². The highest BCUT2D eigenvalue weighted by Crippen LogP contribution is 2.35. The molecule has 0 spiro atoms. The van der Waals surface area contributed by atoms with Crippen molar-refractivity contribution in [3.63, 3.8) is 0 Å². The third kappa shape index (κ3) is 7.46. The standard InChI is InChI=1S/C30H29ClF3N5O2/c1-29(2,3)25-17-26(39(37-25)24-16-10-8-14-22(24)31)36-27(40)19-38(18-20-11-5-4-6-12-20)28(41)35-23-15-9-7-13-21(23)30(32,33)34/h4-17H,18-19H2,1-3H3,(H,35,41)(H,36,40). The molecule has 7 nitrogen and oxygen atoms in total. The van der Waals surface area contributed by atoms with Crippen LogP contribution in [-0.2, 0) is 22.9 Å². The second-order valence-corrected chi connectivity index (χ2v) is 10.8. The predicted octanol–water partition coefficient (Wildman–Crippen LogP) is 7.51. The largest absolute Gasteiger partial charge is 0.418 e. The highest BCUT2D eigenvalue weighted by Gasteiger charge is 2.34. The zero-order chi connectivity index (χ0) is 29.8. The van der Waals surface area contributed by atoms with Crippen LogP contribution in [-0.4, -0.2) is 33.2 Å². The second-order valence-electron chi connectivity index (χ2n) is 10.4. The average Bonchev–Trinajstić information content (AvgIpc) is 3.33. The van der Waals surface area contributed by atoms with Crippen molar-refractivity contribution < 1.29 is 22.8 Å². The van der Waals surface area contributed by atoms with E-state index >= 15 is 0 Å². The maximum atomic E-state index is 13.5. The van der Waals surface area contributed by atoms with Crippen LogP contribution < -0.4 is 10.6 Å². The highest BCUT2D eigenvalue weighted by molar-refractivity contribution is 6.32. The number of halogens is 4. The number of alkyl halides is 3. The van der Waals surface area contributed by atoms with E-state index in [2.05, 4.69) is 15.7 Å². The third-order valence-corrected chi connectivity index (χ3v) is 6.46. The minimum Gasteiger partial charge on any atom is -0.311 e. The van der Waals surface area contributed by atoms with Crippen molar-refractivity contribution in [2.75, 3.05) is 17.2 Å². The van der Waals surface area contributed by atoms with Gasteiger partial charge in [-0.25, -0.2) is 9.48 Å². The number of carbonyl (C=O) groups excluding carboxylic acids is 2. The number of aromatic nitrogens is 2. The van der Waals surface area contributed by atoms with Gasteiger partial charge in [-0.15, -0.1) is 0 Å². The molecule has 0 saturated carbocycles. The molecule has 0 saturated heterocycles. The zero-order valence-electron chi connectivity index (χ0n) is 22.7. The summed E-state index contributed by atoms with van der Waals surface area (Å²) in [7, 11) is 0. The van der Waals surface area contributed by atoms with Gasteiger partial charge >= 0.3 is 12.2 Å². The first kappa shape index (κ1) is 29.7. The molecule has 41 heavy (non-hydrogen) atoms. The molecule has 11 heteroatoms. The normalized spacial score (nSPS) is 11.7. The number of benzene rings is 3. The van der Waals surface area contributed by atoms with Gasteiger partial charge in [0.05, 0.1) is 27.7 Å². The zero-order valence-corrected chi connectivity index (χ0v) is 23.4. The number of urea groups is 1. The highest BCUT2D eigenvalue weighted by atomic mass is 35.5. The molecule has 0 atom stereocenters. The first-order valence-electron chi connectivity index (χ1n) is 12.7. The maximum Gasteiger partial charge on any atom is 0.418 e. The average molecular weight is 584 g/mol. The molecule has 3 amide bonds. The monoisotopic (exact) mass is 583 g/mol. The van der Waals surface area contributed by atoms with Crippen molar-refractivity contribution in [1.29, 1.82) is 0 Å². The number of para-hydroxylation sites is 2. The van der Waals surface area contributed by atoms with Crippen molar-refractivity contribution in [2.45, 2.75) is 38.9 Å². The van der Waals surface area contributed by atoms with Gasteiger partial charge in [-0.1, -0.05) is 87.0 Å². The summed E-state index contributed by atoms with van der Waals surface area (Å²) in [5.41, 5.74) is 0.177. The molecule has 4 aromatic rings. The molecule has 0 aliphatic carbocycles. The molecule has 0 unspecified atom stereocenters. The van der Waals surface area contributed by atoms with Crippen molar-refractivity contribution in [1.82, 2.24) is 14.7 Å². The summed E-state index contributed by atoms with van der Waals surface area (Å²) in [5.74, 6) is -0.246. The molecule has 1 heterocycles. The van der Waals surface area contributed by atoms with E-state index in [1.54, 1.807) is 60.7 Å². The molecule has 0 fully saturated rings. The van der Waals surface area contributed by atoms with Crippen LogP contribution in [0.15, 0.2) is 84.9 Å². The van der Waals surface area contributed by atoms with Crippen LogP contribution in [0.1, 0.15) is 37.6 Å². The summed E-state index contributed by atoms with van der Waals surface area (Å²) < 4.78 is 42.1. The van der Waals surface area contributed by atoms with Crippen molar-refractivity contribution >= 4 is 35.0 Å². The number of anilines is 2. The van der Waals surface area contributed by atoms with Crippen molar-refractivity contribution in [3.8, 4) is 5.69 Å². The van der Waals surface area contributed by atoms with Crippen LogP contribution in [0.5, 0.6) is 0 Å². The van der Waals surface area contributed by atoms with Crippen LogP contribution in [0.25, 0.3) is 5.69 Å². The van der Waals surface area contributed by atoms with Gasteiger partial charge in [0.2, 0.25) is 5.91 Å². The lowest BCUT2D eigenvalue weighted by atomic mass is 9.92. The minimum absolute atomic E-state index is 0.0225. The SMILES string of the molecule is CC(C)(C)c1cc(NC(=O)CN(Cc2ccccc2)C(=O)Nc2ccccc2C(F)(F)F)n(-c2ccccc2Cl)n1. The van der Waals surface area contributed by atoms with Crippen LogP contribution in [0, 0.1) is 0 Å². The van der Waals surface area contributed by atoms with Crippen LogP contribution in [0.4, 0.5) is 29.5 Å². The maximum absolute atomic E-state index is 13.5. The summed E-state index contributed by atoms with van der Waals surface area (Å²) in [4.78, 5) is 27.8. The fourth-order valence-electron chi connectivity index (χ4n) is 4.04. The smallest absolute Gasteiger partial charge is 0.311 e. The summed E-state index contributed by atoms with van der Waals surface area (Å²) in [6, 6.07) is 21.4. The first-order chi connectivity index (χ1) is 19.3. The van der Waals surface area contributed by atoms with E-state index in [1.165, 1.54) is 16.8 Å². The fraction of sp³-hybridized carbons (Fsp3) is 0.233. The Bertz CT molecular complexity index is 1530. The van der Waals surface area contributed by atoms with E-state index in [9.17, 15) is 22.8 Å². The van der Waals surface area contributed by atoms with E-state index in [1.807, 2.05) is 20.8 Å². The summed E-state index contributed by atoms with van der Waals surface area (Å²) in [5, 5.41) is 10.2. The number of rotatable bonds is 7. The van der Waals surface area contributed by atoms with E-state index in [4.69, 9.17) is 11.6 Å². The van der Waals surface area contributed by atoms with E-state index in [0.717, 1.165) is 17.0 Å². The molecule has 214 valence electrons. The number of nitrogens with one attached hydrogen (secondary N) is 2. The lowest BCUT2D eigenvalue weighted by molar-refractivity contribution is -0.137. The van der Waals surface area contributed by atoms with E-state index in [-0.39, 0.29) is 12.0 Å². The molecule has 0 aliphatic rings. The molecule has 0 aliphatic heterocycles. The number of amides is 3. The van der Waals surface area contributed by atoms with Gasteiger partial charge in [-0.3, -0.25) is 4.79 Å². The Kier molecular flexibility index (Phi) is 8.72. The Morgan fingerprint density at radius 3 is 2.20 bits per heavy atom. The minimum atomic E-state index is -4.67. The van der Waals surface area contributed by atoms with E-state index in [0.29, 0.717) is 27.8 Å². The fourth-order valence-corrected chi connectivity index (χ4v) is 4.25. The van der Waals surface area contributed by atoms with Gasteiger partial charge in [0.15, 0.2) is 0 Å². The third-order valence-electron chi connectivity index (χ3n) is 6.14. The number of nitrogens with zero attached hydrogens (tertiary/aromatic N) is 3. The molecule has 2 N–H and O–H groups in total. The lowest BCUT2D eigenvalue weighted by Gasteiger charge is -2.24. The molecular weight excluding hydrogens is 555 g/mol. The summed E-state index contributed by atoms with van der Waals surface area (Å²) in [6.07, 6.45) is -4.67. The summed E-state index contributed by atoms with van der Waals surface area (Å²) >= 11 is 6.41. The van der Waals surface area contributed by atoms with Crippen molar-refractivity contribution in [3.05, 3.63) is 107 Å². The van der Waals surface area contributed by atoms with E-state index < -0.39 is 35.9 Å². The van der Waals surface area contributed by atoms with Crippen LogP contribution >= 0.6 is 11.6 Å². The Morgan fingerprint density at radius 1 is 0.902 bits per heavy atom. The van der Waals surface area contributed by atoms with Gasteiger partial charge in [0, 0.05) is 18.0 Å². The molecule has 3 aromatic carbocycles. The Morgan fingerprint density at radius 2 is 1.54 bits per heavy atom. The van der Waals surface area contributed by atoms with Crippen LogP contribution in [0.2, 0.25) is 5.02 Å². The quantitative estimate of drug-likeness (QED) is 0.236. The number of hydrogen-bond acceptors (Lipinski definition) is 3. The van der Waals surface area contributed by atoms with Gasteiger partial charge in [-0.05, 0) is 29.8 Å². The first-order valence-corrected chi connectivity index (χ1v) is 13.1. The molecule has 1 aromatic heterocycles. The number of hydrogen-bond donors (Lipinski definition) is 2. The van der Waals surface area contributed by atoms with Gasteiger partial charge in [-0.2, -0.15) is 18.3 Å². The van der Waals surface area contributed by atoms with Gasteiger partial charge in [0.1, 0.15) is 12.4 Å². The Labute approximate surface area is 240 Å². The number of carbonyl (C=O) groups is 2. The second kappa shape index (κ2) is 12.1. The molecular formula is C30H29ClF3N5O2. The topological polar surface area (TPSA) is 79.3 Å². The molecule has 0 bridgehead atoms.